The van der Waals surface area contributed by atoms with E-state index in [4.69, 9.17) is 9.52 Å². The Labute approximate surface area is 180 Å². The number of carbonyl (C=O) groups excluding carboxylic acids is 1. The second-order valence-electron chi connectivity index (χ2n) is 7.16. The van der Waals surface area contributed by atoms with E-state index in [1.54, 1.807) is 6.20 Å². The van der Waals surface area contributed by atoms with Crippen LogP contribution in [0, 0.1) is 0 Å². The zero-order valence-electron chi connectivity index (χ0n) is 17.3. The molecule has 3 heterocycles. The molecule has 31 heavy (non-hydrogen) atoms. The first-order chi connectivity index (χ1) is 15.2. The van der Waals surface area contributed by atoms with Crippen molar-refractivity contribution in [3.8, 4) is 11.6 Å². The molecule has 0 saturated carbocycles. The van der Waals surface area contributed by atoms with Gasteiger partial charge in [0.05, 0.1) is 6.54 Å². The Hall–Kier alpha value is -3.75. The lowest BCUT2D eigenvalue weighted by molar-refractivity contribution is -0.116. The Kier molecular flexibility index (Phi) is 6.51. The Morgan fingerprint density at radius 3 is 2.94 bits per heavy atom. The molecule has 0 radical (unpaired) electrons. The molecule has 3 aromatic rings. The van der Waals surface area contributed by atoms with Gasteiger partial charge in [0.25, 0.3) is 5.89 Å². The number of anilines is 1. The van der Waals surface area contributed by atoms with E-state index in [0.717, 1.165) is 17.8 Å². The van der Waals surface area contributed by atoms with Crippen LogP contribution in [0.2, 0.25) is 0 Å². The van der Waals surface area contributed by atoms with Gasteiger partial charge in [-0.2, -0.15) is 4.98 Å². The van der Waals surface area contributed by atoms with Crippen molar-refractivity contribution in [3.63, 3.8) is 0 Å². The van der Waals surface area contributed by atoms with E-state index < -0.39 is 0 Å². The monoisotopic (exact) mass is 419 g/mol. The molecule has 1 atom stereocenters. The van der Waals surface area contributed by atoms with Gasteiger partial charge >= 0.3 is 0 Å². The molecular weight excluding hydrogens is 394 g/mol. The fourth-order valence-electron chi connectivity index (χ4n) is 3.45. The summed E-state index contributed by atoms with van der Waals surface area (Å²) in [4.78, 5) is 25.3. The average molecular weight is 419 g/mol. The number of hydrogen-bond donors (Lipinski definition) is 3. The van der Waals surface area contributed by atoms with Gasteiger partial charge in [0, 0.05) is 43.7 Å². The fraction of sp³-hybridized carbons (Fsp3) is 0.318. The summed E-state index contributed by atoms with van der Waals surface area (Å²) in [7, 11) is 0. The SMILES string of the molecule is CCNC(=NCC1CC(=O)Nc2ccccc21)NCCc1noc(-c2ccccn2)n1. The molecule has 4 rings (SSSR count). The first kappa shape index (κ1) is 20.5. The molecule has 0 spiro atoms. The summed E-state index contributed by atoms with van der Waals surface area (Å²) in [6.07, 6.45) is 2.70. The van der Waals surface area contributed by atoms with Crippen molar-refractivity contribution in [2.75, 3.05) is 25.0 Å². The standard InChI is InChI=1S/C22H25N7O2/c1-2-23-22(26-14-15-13-20(30)27-17-8-4-3-7-16(15)17)25-12-10-19-28-21(31-29-19)18-9-5-6-11-24-18/h3-9,11,15H,2,10,12-14H2,1H3,(H,27,30)(H2,23,25,26). The summed E-state index contributed by atoms with van der Waals surface area (Å²) in [5.74, 6) is 1.78. The largest absolute Gasteiger partial charge is 0.357 e. The lowest BCUT2D eigenvalue weighted by atomic mass is 9.91. The third-order valence-corrected chi connectivity index (χ3v) is 4.91. The molecule has 0 saturated heterocycles. The van der Waals surface area contributed by atoms with Crippen molar-refractivity contribution in [2.45, 2.75) is 25.7 Å². The van der Waals surface area contributed by atoms with Crippen molar-refractivity contribution < 1.29 is 9.32 Å². The number of carbonyl (C=O) groups is 1. The van der Waals surface area contributed by atoms with E-state index >= 15 is 0 Å². The fourth-order valence-corrected chi connectivity index (χ4v) is 3.45. The summed E-state index contributed by atoms with van der Waals surface area (Å²) in [5.41, 5.74) is 2.65. The number of aromatic nitrogens is 3. The molecule has 1 aliphatic heterocycles. The van der Waals surface area contributed by atoms with Crippen molar-refractivity contribution in [1.82, 2.24) is 25.8 Å². The molecule has 1 unspecified atom stereocenters. The average Bonchev–Trinajstić information content (AvgIpc) is 3.27. The van der Waals surface area contributed by atoms with Crippen molar-refractivity contribution in [1.29, 1.82) is 0 Å². The third-order valence-electron chi connectivity index (χ3n) is 4.91. The minimum absolute atomic E-state index is 0.0256. The van der Waals surface area contributed by atoms with Gasteiger partial charge in [0.2, 0.25) is 5.91 Å². The Morgan fingerprint density at radius 2 is 2.10 bits per heavy atom. The maximum absolute atomic E-state index is 12.0. The number of para-hydroxylation sites is 1. The zero-order chi connectivity index (χ0) is 21.5. The highest BCUT2D eigenvalue weighted by molar-refractivity contribution is 5.94. The van der Waals surface area contributed by atoms with Crippen LogP contribution in [0.1, 0.15) is 30.7 Å². The number of hydrogen-bond acceptors (Lipinski definition) is 6. The van der Waals surface area contributed by atoms with E-state index in [1.807, 2.05) is 49.4 Å². The van der Waals surface area contributed by atoms with Crippen LogP contribution in [0.3, 0.4) is 0 Å². The van der Waals surface area contributed by atoms with Crippen molar-refractivity contribution >= 4 is 17.6 Å². The number of aliphatic imine (C=N–C) groups is 1. The lowest BCUT2D eigenvalue weighted by Crippen LogP contribution is -2.39. The van der Waals surface area contributed by atoms with E-state index in [0.29, 0.717) is 49.3 Å². The van der Waals surface area contributed by atoms with Crippen LogP contribution in [0.4, 0.5) is 5.69 Å². The van der Waals surface area contributed by atoms with Crippen LogP contribution in [0.25, 0.3) is 11.6 Å². The Bertz CT molecular complexity index is 1050. The number of rotatable bonds is 7. The van der Waals surface area contributed by atoms with Crippen molar-refractivity contribution in [2.24, 2.45) is 4.99 Å². The van der Waals surface area contributed by atoms with E-state index in [2.05, 4.69) is 31.1 Å². The first-order valence-electron chi connectivity index (χ1n) is 10.4. The summed E-state index contributed by atoms with van der Waals surface area (Å²) in [6, 6.07) is 13.4. The number of guanidine groups is 1. The number of fused-ring (bicyclic) bond motifs is 1. The van der Waals surface area contributed by atoms with Gasteiger partial charge in [0.15, 0.2) is 11.8 Å². The molecule has 1 aromatic carbocycles. The molecule has 2 aromatic heterocycles. The molecule has 0 fully saturated rings. The summed E-state index contributed by atoms with van der Waals surface area (Å²) in [5, 5.41) is 13.5. The minimum atomic E-state index is 0.0256. The molecule has 3 N–H and O–H groups in total. The topological polar surface area (TPSA) is 117 Å². The van der Waals surface area contributed by atoms with E-state index in [9.17, 15) is 4.79 Å². The number of amides is 1. The normalized spacial score (nSPS) is 15.8. The van der Waals surface area contributed by atoms with Gasteiger partial charge in [-0.25, -0.2) is 0 Å². The summed E-state index contributed by atoms with van der Waals surface area (Å²) < 4.78 is 5.29. The van der Waals surface area contributed by atoms with Gasteiger partial charge in [0.1, 0.15) is 5.69 Å². The number of pyridine rings is 1. The molecule has 0 aliphatic carbocycles. The number of nitrogens with zero attached hydrogens (tertiary/aromatic N) is 4. The second kappa shape index (κ2) is 9.84. The zero-order valence-corrected chi connectivity index (χ0v) is 17.3. The highest BCUT2D eigenvalue weighted by atomic mass is 16.5. The summed E-state index contributed by atoms with van der Waals surface area (Å²) in [6.45, 7) is 3.86. The molecule has 0 bridgehead atoms. The van der Waals surface area contributed by atoms with Gasteiger partial charge in [-0.3, -0.25) is 14.8 Å². The first-order valence-corrected chi connectivity index (χ1v) is 10.4. The van der Waals surface area contributed by atoms with Crippen LogP contribution in [0.15, 0.2) is 58.2 Å². The van der Waals surface area contributed by atoms with Gasteiger partial charge in [-0.15, -0.1) is 0 Å². The van der Waals surface area contributed by atoms with E-state index in [-0.39, 0.29) is 11.8 Å². The van der Waals surface area contributed by atoms with Crippen LogP contribution < -0.4 is 16.0 Å². The maximum Gasteiger partial charge on any atom is 0.276 e. The van der Waals surface area contributed by atoms with Gasteiger partial charge in [-0.05, 0) is 30.7 Å². The molecule has 9 heteroatoms. The highest BCUT2D eigenvalue weighted by Gasteiger charge is 2.24. The van der Waals surface area contributed by atoms with Gasteiger partial charge in [-0.1, -0.05) is 29.4 Å². The van der Waals surface area contributed by atoms with Crippen LogP contribution in [-0.4, -0.2) is 46.6 Å². The van der Waals surface area contributed by atoms with Crippen LogP contribution >= 0.6 is 0 Å². The van der Waals surface area contributed by atoms with Crippen LogP contribution in [0.5, 0.6) is 0 Å². The predicted molar refractivity (Wildman–Crippen MR) is 118 cm³/mol. The maximum atomic E-state index is 12.0. The number of nitrogens with one attached hydrogen (secondary N) is 3. The molecule has 9 nitrogen and oxygen atoms in total. The molecule has 1 amide bonds. The van der Waals surface area contributed by atoms with Gasteiger partial charge < -0.3 is 20.5 Å². The minimum Gasteiger partial charge on any atom is -0.357 e. The quantitative estimate of drug-likeness (QED) is 0.397. The molecule has 1 aliphatic rings. The lowest BCUT2D eigenvalue weighted by Gasteiger charge is -2.24. The third kappa shape index (κ3) is 5.25. The smallest absolute Gasteiger partial charge is 0.276 e. The molecular formula is C22H25N7O2. The predicted octanol–water partition coefficient (Wildman–Crippen LogP) is 2.36. The Balaban J connectivity index is 1.35. The van der Waals surface area contributed by atoms with E-state index in [1.165, 1.54) is 0 Å². The summed E-state index contributed by atoms with van der Waals surface area (Å²) >= 11 is 0. The van der Waals surface area contributed by atoms with Crippen LogP contribution in [-0.2, 0) is 11.2 Å². The highest BCUT2D eigenvalue weighted by Crippen LogP contribution is 2.31. The second-order valence-corrected chi connectivity index (χ2v) is 7.16. The number of benzene rings is 1. The molecule has 160 valence electrons. The Morgan fingerprint density at radius 1 is 1.23 bits per heavy atom. The van der Waals surface area contributed by atoms with Crippen molar-refractivity contribution in [3.05, 3.63) is 60.0 Å².